The largest absolute Gasteiger partial charge is 0.381 e. The molecule has 1 atom stereocenters. The maximum Gasteiger partial charge on any atom is 0.0956 e. The summed E-state index contributed by atoms with van der Waals surface area (Å²) < 4.78 is 0. The third-order valence-electron chi connectivity index (χ3n) is 14.5. The number of hydrogen-bond acceptors (Lipinski definition) is 6. The van der Waals surface area contributed by atoms with E-state index in [1.54, 1.807) is 0 Å². The third-order valence-corrected chi connectivity index (χ3v) is 14.5. The Bertz CT molecular complexity index is 799. The van der Waals surface area contributed by atoms with Crippen molar-refractivity contribution in [3.8, 4) is 0 Å². The molecule has 0 saturated carbocycles. The number of unbranched alkanes of at least 4 members (excludes halogenated alkanes) is 40. The zero-order valence-electron chi connectivity index (χ0n) is 48.6. The zero-order valence-corrected chi connectivity index (χ0v) is 48.6. The predicted molar refractivity (Wildman–Crippen MR) is 329 cm³/mol. The van der Waals surface area contributed by atoms with Crippen LogP contribution in [0.4, 0.5) is 0 Å². The molecule has 71 heavy (non-hydrogen) atoms. The maximum atomic E-state index is 10.0. The van der Waals surface area contributed by atoms with Crippen LogP contribution in [-0.2, 0) is 0 Å². The normalized spacial score (nSPS) is 12.9. The summed E-state index contributed by atoms with van der Waals surface area (Å²) in [5, 5.41) is 19.9. The van der Waals surface area contributed by atoms with E-state index >= 15 is 0 Å². The van der Waals surface area contributed by atoms with E-state index in [9.17, 15) is 5.11 Å². The topological polar surface area (TPSA) is 76.2 Å². The fourth-order valence-corrected chi connectivity index (χ4v) is 9.24. The van der Waals surface area contributed by atoms with E-state index in [1.165, 1.54) is 307 Å². The Morgan fingerprint density at radius 1 is 0.324 bits per heavy atom. The first-order valence-electron chi connectivity index (χ1n) is 31.7. The standard InChI is InChI=1S/C38H80N2O.2C10H22.C4H10N2O.3CH4/c1-4-7-10-13-16-19-22-25-28-31-34-39(33-30-27-24-21-18-15-12-9-6-3)36-37-40(38-41)35-32-29-26-23-20-17-14-11-8-5-2;2*1-3-5-7-9-10-8-6-4-2;5-3-4-1-2-6(4)7;;;/h41H,4-38H2,1-3H3;2*3-10H2,1-2H3;4,7H,1-3,5H2;3*1H4. The molecule has 1 unspecified atom stereocenters. The van der Waals surface area contributed by atoms with Crippen LogP contribution in [0.25, 0.3) is 0 Å². The summed E-state index contributed by atoms with van der Waals surface area (Å²) >= 11 is 0. The van der Waals surface area contributed by atoms with Crippen LogP contribution in [0.3, 0.4) is 0 Å². The highest BCUT2D eigenvalue weighted by molar-refractivity contribution is 4.76. The molecule has 1 saturated heterocycles. The lowest BCUT2D eigenvalue weighted by Crippen LogP contribution is -2.49. The number of aliphatic hydroxyl groups excluding tert-OH is 1. The van der Waals surface area contributed by atoms with Crippen molar-refractivity contribution in [3.63, 3.8) is 0 Å². The van der Waals surface area contributed by atoms with Gasteiger partial charge in [-0.3, -0.25) is 4.90 Å². The Kier molecular flexibility index (Phi) is 88.2. The number of hydroxylamine groups is 2. The van der Waals surface area contributed by atoms with Crippen LogP contribution in [0, 0.1) is 0 Å². The van der Waals surface area contributed by atoms with Crippen molar-refractivity contribution < 1.29 is 10.3 Å². The minimum absolute atomic E-state index is 0. The molecule has 1 heterocycles. The highest BCUT2D eigenvalue weighted by Crippen LogP contribution is 2.15. The minimum Gasteiger partial charge on any atom is -0.381 e. The summed E-state index contributed by atoms with van der Waals surface area (Å²) in [6.45, 7) is 23.3. The van der Waals surface area contributed by atoms with Crippen LogP contribution in [0.5, 0.6) is 0 Å². The third kappa shape index (κ3) is 71.9. The van der Waals surface area contributed by atoms with E-state index in [4.69, 9.17) is 10.9 Å². The highest BCUT2D eigenvalue weighted by atomic mass is 16.5. The number of hydrogen-bond donors (Lipinski definition) is 3. The summed E-state index contributed by atoms with van der Waals surface area (Å²) in [5.74, 6) is 0. The van der Waals surface area contributed by atoms with E-state index in [-0.39, 0.29) is 35.1 Å². The Balaban J connectivity index is -0.000000282. The smallest absolute Gasteiger partial charge is 0.0956 e. The summed E-state index contributed by atoms with van der Waals surface area (Å²) in [6.07, 6.45) is 64.6. The van der Waals surface area contributed by atoms with Gasteiger partial charge in [0.1, 0.15) is 0 Å². The molecule has 0 aromatic rings. The molecule has 0 amide bonds. The van der Waals surface area contributed by atoms with Gasteiger partial charge in [0.15, 0.2) is 0 Å². The zero-order chi connectivity index (χ0) is 50.5. The number of aliphatic hydroxyl groups is 1. The van der Waals surface area contributed by atoms with Crippen LogP contribution in [0.2, 0.25) is 0 Å². The van der Waals surface area contributed by atoms with E-state index < -0.39 is 0 Å². The lowest BCUT2D eigenvalue weighted by molar-refractivity contribution is -0.178. The molecule has 0 aromatic heterocycles. The molecule has 0 radical (unpaired) electrons. The summed E-state index contributed by atoms with van der Waals surface area (Å²) in [5.41, 5.74) is 5.22. The molecule has 1 fully saturated rings. The minimum atomic E-state index is 0. The lowest BCUT2D eigenvalue weighted by Gasteiger charge is -2.34. The average molecular weight is 1020 g/mol. The Hall–Kier alpha value is -0.240. The molecule has 6 nitrogen and oxygen atoms in total. The quantitative estimate of drug-likeness (QED) is 0.0416. The lowest BCUT2D eigenvalue weighted by atomic mass is 10.1. The molecule has 0 bridgehead atoms. The van der Waals surface area contributed by atoms with Gasteiger partial charge in [-0.2, -0.15) is 5.06 Å². The van der Waals surface area contributed by atoms with Crippen LogP contribution >= 0.6 is 0 Å². The molecule has 438 valence electrons. The summed E-state index contributed by atoms with van der Waals surface area (Å²) in [6, 6.07) is 0.250. The fraction of sp³-hybridized carbons (Fsp3) is 1.00. The van der Waals surface area contributed by atoms with Crippen molar-refractivity contribution in [2.75, 3.05) is 52.5 Å². The second-order valence-electron chi connectivity index (χ2n) is 21.4. The van der Waals surface area contributed by atoms with Gasteiger partial charge in [0.05, 0.1) is 6.73 Å². The highest BCUT2D eigenvalue weighted by Gasteiger charge is 2.23. The Morgan fingerprint density at radius 3 is 0.676 bits per heavy atom. The van der Waals surface area contributed by atoms with E-state index in [0.29, 0.717) is 6.54 Å². The molecule has 1 aliphatic heterocycles. The first-order valence-corrected chi connectivity index (χ1v) is 31.7. The molecule has 0 aliphatic carbocycles. The van der Waals surface area contributed by atoms with Gasteiger partial charge in [-0.25, -0.2) is 0 Å². The van der Waals surface area contributed by atoms with E-state index in [1.807, 2.05) is 0 Å². The monoisotopic (exact) mass is 1020 g/mol. The van der Waals surface area contributed by atoms with Gasteiger partial charge in [-0.1, -0.05) is 340 Å². The van der Waals surface area contributed by atoms with Crippen LogP contribution in [0.1, 0.15) is 366 Å². The van der Waals surface area contributed by atoms with Crippen molar-refractivity contribution in [3.05, 3.63) is 0 Å². The van der Waals surface area contributed by atoms with E-state index in [2.05, 4.69) is 58.3 Å². The second-order valence-corrected chi connectivity index (χ2v) is 21.4. The second kappa shape index (κ2) is 76.3. The van der Waals surface area contributed by atoms with E-state index in [0.717, 1.165) is 32.6 Å². The van der Waals surface area contributed by atoms with Gasteiger partial charge in [0, 0.05) is 38.8 Å². The molecular weight excluding hydrogens is 869 g/mol. The SMILES string of the molecule is C.C.C.CCCCCCCCCC.CCCCCCCCCC.CCCCCCCCCCCCN(CO)CCN(CCCCCCCCCCC)CCCCCCCCCCCC.NCC1CCN1O. The van der Waals surface area contributed by atoms with Crippen molar-refractivity contribution in [1.29, 1.82) is 0 Å². The maximum absolute atomic E-state index is 10.0. The molecule has 1 rings (SSSR count). The fourth-order valence-electron chi connectivity index (χ4n) is 9.24. The van der Waals surface area contributed by atoms with Crippen molar-refractivity contribution in [2.45, 2.75) is 372 Å². The number of rotatable bonds is 51. The van der Waals surface area contributed by atoms with Gasteiger partial charge in [0.2, 0.25) is 0 Å². The van der Waals surface area contributed by atoms with Crippen molar-refractivity contribution in [1.82, 2.24) is 14.9 Å². The van der Waals surface area contributed by atoms with Crippen LogP contribution in [0.15, 0.2) is 0 Å². The van der Waals surface area contributed by atoms with Crippen LogP contribution in [-0.4, -0.2) is 83.8 Å². The molecule has 1 aliphatic rings. The molecule has 4 N–H and O–H groups in total. The number of nitrogens with zero attached hydrogens (tertiary/aromatic N) is 3. The molecule has 6 heteroatoms. The van der Waals surface area contributed by atoms with Gasteiger partial charge in [-0.15, -0.1) is 0 Å². The van der Waals surface area contributed by atoms with Gasteiger partial charge in [0.25, 0.3) is 0 Å². The predicted octanol–water partition coefficient (Wildman–Crippen LogP) is 21.5. The number of nitrogens with two attached hydrogens (primary N) is 1. The molecule has 0 aromatic carbocycles. The average Bonchev–Trinajstić information content (AvgIpc) is 3.35. The first kappa shape index (κ1) is 82.1. The summed E-state index contributed by atoms with van der Waals surface area (Å²) in [7, 11) is 0. The first-order chi connectivity index (χ1) is 33.4. The Labute approximate surface area is 453 Å². The Morgan fingerprint density at radius 2 is 0.521 bits per heavy atom. The van der Waals surface area contributed by atoms with Gasteiger partial charge >= 0.3 is 0 Å². The van der Waals surface area contributed by atoms with Gasteiger partial charge in [-0.05, 0) is 38.8 Å². The van der Waals surface area contributed by atoms with Crippen molar-refractivity contribution in [2.24, 2.45) is 5.73 Å². The molecule has 0 spiro atoms. The summed E-state index contributed by atoms with van der Waals surface area (Å²) in [4.78, 5) is 5.03. The molecular formula is C65H146N4O2. The van der Waals surface area contributed by atoms with Crippen LogP contribution < -0.4 is 5.73 Å². The van der Waals surface area contributed by atoms with Gasteiger partial charge < -0.3 is 20.9 Å². The van der Waals surface area contributed by atoms with Crippen molar-refractivity contribution >= 4 is 0 Å².